The number of morpholine rings is 1. The molecular formula is C21H22BrClN2O2. The lowest BCUT2D eigenvalue weighted by Gasteiger charge is -2.40. The molecule has 142 valence electrons. The number of benzene rings is 2. The second-order valence-corrected chi connectivity index (χ2v) is 8.39. The van der Waals surface area contributed by atoms with Crippen molar-refractivity contribution in [3.05, 3.63) is 68.7 Å². The molecule has 1 saturated heterocycles. The van der Waals surface area contributed by atoms with Gasteiger partial charge in [0.15, 0.2) is 0 Å². The molecular weight excluding hydrogens is 428 g/mol. The van der Waals surface area contributed by atoms with Crippen LogP contribution in [0.3, 0.4) is 0 Å². The van der Waals surface area contributed by atoms with E-state index in [1.807, 2.05) is 11.0 Å². The first-order valence-corrected chi connectivity index (χ1v) is 10.4. The van der Waals surface area contributed by atoms with Gasteiger partial charge >= 0.3 is 0 Å². The van der Waals surface area contributed by atoms with E-state index in [4.69, 9.17) is 16.3 Å². The number of carbonyl (C=O) groups is 1. The predicted octanol–water partition coefficient (Wildman–Crippen LogP) is 4.00. The molecule has 2 aromatic carbocycles. The number of amides is 1. The van der Waals surface area contributed by atoms with E-state index in [0.29, 0.717) is 17.1 Å². The zero-order chi connectivity index (χ0) is 18.8. The van der Waals surface area contributed by atoms with Crippen LogP contribution in [0.5, 0.6) is 0 Å². The highest BCUT2D eigenvalue weighted by atomic mass is 79.9. The van der Waals surface area contributed by atoms with Crippen LogP contribution in [-0.2, 0) is 17.7 Å². The number of halogens is 2. The molecule has 1 fully saturated rings. The molecule has 0 unspecified atom stereocenters. The van der Waals surface area contributed by atoms with Gasteiger partial charge in [-0.2, -0.15) is 0 Å². The molecule has 2 heterocycles. The van der Waals surface area contributed by atoms with E-state index < -0.39 is 0 Å². The van der Waals surface area contributed by atoms with Gasteiger partial charge in [0.1, 0.15) is 0 Å². The average Bonchev–Trinajstić information content (AvgIpc) is 2.68. The number of carbonyl (C=O) groups excluding carboxylic acids is 1. The minimum atomic E-state index is 0.0475. The lowest BCUT2D eigenvalue weighted by molar-refractivity contribution is 0.0192. The number of nitrogens with zero attached hydrogens (tertiary/aromatic N) is 2. The minimum absolute atomic E-state index is 0.0475. The van der Waals surface area contributed by atoms with Crippen molar-refractivity contribution in [1.29, 1.82) is 0 Å². The summed E-state index contributed by atoms with van der Waals surface area (Å²) in [7, 11) is 0. The van der Waals surface area contributed by atoms with E-state index in [0.717, 1.165) is 43.7 Å². The van der Waals surface area contributed by atoms with Crippen molar-refractivity contribution in [3.8, 4) is 0 Å². The van der Waals surface area contributed by atoms with Crippen LogP contribution in [0, 0.1) is 0 Å². The van der Waals surface area contributed by atoms with Crippen molar-refractivity contribution in [3.63, 3.8) is 0 Å². The number of rotatable bonds is 3. The Labute approximate surface area is 173 Å². The molecule has 1 amide bonds. The van der Waals surface area contributed by atoms with E-state index in [2.05, 4.69) is 39.0 Å². The Morgan fingerprint density at radius 1 is 1.15 bits per heavy atom. The average molecular weight is 450 g/mol. The van der Waals surface area contributed by atoms with E-state index in [1.165, 1.54) is 11.1 Å². The summed E-state index contributed by atoms with van der Waals surface area (Å²) >= 11 is 9.56. The Kier molecular flexibility index (Phi) is 5.83. The Bertz CT molecular complexity index is 839. The first kappa shape index (κ1) is 18.9. The number of hydrogen-bond acceptors (Lipinski definition) is 3. The third-order valence-electron chi connectivity index (χ3n) is 5.35. The molecule has 4 nitrogen and oxygen atoms in total. The van der Waals surface area contributed by atoms with Gasteiger partial charge in [-0.25, -0.2) is 0 Å². The van der Waals surface area contributed by atoms with Crippen molar-refractivity contribution in [2.75, 3.05) is 32.8 Å². The maximum Gasteiger partial charge on any atom is 0.255 e. The van der Waals surface area contributed by atoms with E-state index in [-0.39, 0.29) is 11.9 Å². The van der Waals surface area contributed by atoms with Crippen molar-refractivity contribution in [2.24, 2.45) is 0 Å². The summed E-state index contributed by atoms with van der Waals surface area (Å²) < 4.78 is 6.21. The summed E-state index contributed by atoms with van der Waals surface area (Å²) in [6.07, 6.45) is 0.879. The van der Waals surface area contributed by atoms with Crippen LogP contribution in [0.2, 0.25) is 5.02 Å². The van der Waals surface area contributed by atoms with E-state index in [1.54, 1.807) is 18.2 Å². The van der Waals surface area contributed by atoms with Crippen LogP contribution in [-0.4, -0.2) is 54.6 Å². The Hall–Kier alpha value is -1.40. The normalized spacial score (nSPS) is 20.4. The fraction of sp³-hybridized carbons (Fsp3) is 0.381. The van der Waals surface area contributed by atoms with Crippen LogP contribution in [0.15, 0.2) is 46.9 Å². The first-order chi connectivity index (χ1) is 13.1. The van der Waals surface area contributed by atoms with E-state index >= 15 is 0 Å². The monoisotopic (exact) mass is 448 g/mol. The van der Waals surface area contributed by atoms with Crippen molar-refractivity contribution >= 4 is 33.4 Å². The molecule has 1 atom stereocenters. The summed E-state index contributed by atoms with van der Waals surface area (Å²) in [5, 5.41) is 0.618. The van der Waals surface area contributed by atoms with Crippen LogP contribution in [0.4, 0.5) is 0 Å². The van der Waals surface area contributed by atoms with Crippen LogP contribution in [0.25, 0.3) is 0 Å². The Balaban J connectivity index is 1.62. The van der Waals surface area contributed by atoms with Gasteiger partial charge in [-0.05, 0) is 51.7 Å². The fourth-order valence-electron chi connectivity index (χ4n) is 3.89. The number of hydrogen-bond donors (Lipinski definition) is 0. The number of fused-ring (bicyclic) bond motifs is 1. The first-order valence-electron chi connectivity index (χ1n) is 9.25. The van der Waals surface area contributed by atoms with Gasteiger partial charge in [-0.3, -0.25) is 9.69 Å². The highest BCUT2D eigenvalue weighted by Crippen LogP contribution is 2.29. The van der Waals surface area contributed by atoms with Crippen LogP contribution in [0.1, 0.15) is 21.5 Å². The predicted molar refractivity (Wildman–Crippen MR) is 110 cm³/mol. The molecule has 0 radical (unpaired) electrons. The van der Waals surface area contributed by atoms with Crippen LogP contribution < -0.4 is 0 Å². The fourth-order valence-corrected chi connectivity index (χ4v) is 4.74. The van der Waals surface area contributed by atoms with E-state index in [9.17, 15) is 4.79 Å². The summed E-state index contributed by atoms with van der Waals surface area (Å²) in [6.45, 7) is 4.88. The summed E-state index contributed by atoms with van der Waals surface area (Å²) in [6, 6.07) is 13.9. The molecule has 6 heteroatoms. The summed E-state index contributed by atoms with van der Waals surface area (Å²) in [4.78, 5) is 17.8. The van der Waals surface area contributed by atoms with Gasteiger partial charge in [-0.15, -0.1) is 0 Å². The Morgan fingerprint density at radius 3 is 2.63 bits per heavy atom. The maximum absolute atomic E-state index is 13.4. The molecule has 0 aromatic heterocycles. The zero-order valence-electron chi connectivity index (χ0n) is 15.0. The standard InChI is InChI=1S/C21H22BrClN2O2/c22-20-12-17(23)5-6-19(20)21(26)25-13-16-4-2-1-3-15(16)11-18(25)14-24-7-9-27-10-8-24/h1-6,12,18H,7-11,13-14H2/t18-/m0/s1. The Morgan fingerprint density at radius 2 is 1.89 bits per heavy atom. The van der Waals surface area contributed by atoms with Crippen molar-refractivity contribution in [2.45, 2.75) is 19.0 Å². The third-order valence-corrected chi connectivity index (χ3v) is 6.24. The maximum atomic E-state index is 13.4. The molecule has 27 heavy (non-hydrogen) atoms. The van der Waals surface area contributed by atoms with Gasteiger partial charge < -0.3 is 9.64 Å². The lowest BCUT2D eigenvalue weighted by Crippen LogP contribution is -2.52. The molecule has 2 aliphatic rings. The molecule has 4 rings (SSSR count). The van der Waals surface area contributed by atoms with Gasteiger partial charge in [0.25, 0.3) is 5.91 Å². The highest BCUT2D eigenvalue weighted by molar-refractivity contribution is 9.10. The second kappa shape index (κ2) is 8.31. The van der Waals surface area contributed by atoms with Crippen molar-refractivity contribution < 1.29 is 9.53 Å². The molecule has 2 aromatic rings. The number of ether oxygens (including phenoxy) is 1. The quantitative estimate of drug-likeness (QED) is 0.710. The molecule has 0 aliphatic carbocycles. The lowest BCUT2D eigenvalue weighted by atomic mass is 9.93. The zero-order valence-corrected chi connectivity index (χ0v) is 17.4. The second-order valence-electron chi connectivity index (χ2n) is 7.10. The smallest absolute Gasteiger partial charge is 0.255 e. The largest absolute Gasteiger partial charge is 0.379 e. The topological polar surface area (TPSA) is 32.8 Å². The highest BCUT2D eigenvalue weighted by Gasteiger charge is 2.32. The van der Waals surface area contributed by atoms with Crippen LogP contribution >= 0.6 is 27.5 Å². The van der Waals surface area contributed by atoms with Gasteiger partial charge in [0.2, 0.25) is 0 Å². The third kappa shape index (κ3) is 4.21. The molecule has 0 spiro atoms. The molecule has 0 bridgehead atoms. The van der Waals surface area contributed by atoms with Gasteiger partial charge in [0, 0.05) is 41.7 Å². The van der Waals surface area contributed by atoms with Crippen molar-refractivity contribution in [1.82, 2.24) is 9.80 Å². The van der Waals surface area contributed by atoms with Gasteiger partial charge in [0.05, 0.1) is 18.8 Å². The SMILES string of the molecule is O=C(c1ccc(Cl)cc1Br)N1Cc2ccccc2C[C@H]1CN1CCOCC1. The summed E-state index contributed by atoms with van der Waals surface area (Å²) in [5.41, 5.74) is 3.23. The summed E-state index contributed by atoms with van der Waals surface area (Å²) in [5.74, 6) is 0.0475. The molecule has 0 N–H and O–H groups in total. The molecule has 0 saturated carbocycles. The minimum Gasteiger partial charge on any atom is -0.379 e. The molecule has 2 aliphatic heterocycles. The van der Waals surface area contributed by atoms with Gasteiger partial charge in [-0.1, -0.05) is 35.9 Å².